The molecule has 9 nitrogen and oxygen atoms in total. The molecule has 0 atom stereocenters. The highest BCUT2D eigenvalue weighted by molar-refractivity contribution is 7.89. The van der Waals surface area contributed by atoms with Crippen LogP contribution in [0.3, 0.4) is 0 Å². The Morgan fingerprint density at radius 2 is 2.00 bits per heavy atom. The fourth-order valence-corrected chi connectivity index (χ4v) is 5.26. The maximum atomic E-state index is 12.7. The van der Waals surface area contributed by atoms with E-state index < -0.39 is 21.7 Å². The average molecular weight is 434 g/mol. The van der Waals surface area contributed by atoms with Crippen LogP contribution in [0.2, 0.25) is 0 Å². The molecule has 0 radical (unpaired) electrons. The lowest BCUT2D eigenvalue weighted by Gasteiger charge is -2.16. The van der Waals surface area contributed by atoms with E-state index in [4.69, 9.17) is 4.42 Å². The number of nitrogens with zero attached hydrogens (tertiary/aromatic N) is 3. The second-order valence-corrected chi connectivity index (χ2v) is 9.38. The summed E-state index contributed by atoms with van der Waals surface area (Å²) in [5.74, 6) is -1.11. The second-order valence-electron chi connectivity index (χ2n) is 6.50. The summed E-state index contributed by atoms with van der Waals surface area (Å²) in [7, 11) is -3.58. The van der Waals surface area contributed by atoms with E-state index in [1.165, 1.54) is 27.8 Å². The van der Waals surface area contributed by atoms with Gasteiger partial charge in [0, 0.05) is 18.8 Å². The Kier molecular flexibility index (Phi) is 5.35. The first-order valence-corrected chi connectivity index (χ1v) is 11.3. The number of thiophene rings is 1. The number of sulfonamides is 1. The Balaban J connectivity index is 1.47. The molecule has 3 aromatic rings. The Morgan fingerprint density at radius 3 is 2.72 bits per heavy atom. The molecule has 0 spiro atoms. The summed E-state index contributed by atoms with van der Waals surface area (Å²) in [6, 6.07) is 9.62. The van der Waals surface area contributed by atoms with Gasteiger partial charge in [0.25, 0.3) is 5.89 Å². The molecule has 0 saturated carbocycles. The van der Waals surface area contributed by atoms with Crippen LogP contribution in [0.5, 0.6) is 0 Å². The third-order valence-electron chi connectivity index (χ3n) is 4.45. The Morgan fingerprint density at radius 1 is 1.21 bits per heavy atom. The van der Waals surface area contributed by atoms with Gasteiger partial charge < -0.3 is 9.73 Å². The summed E-state index contributed by atoms with van der Waals surface area (Å²) in [5, 5.41) is 8.46. The van der Waals surface area contributed by atoms with Crippen LogP contribution in [0.4, 0.5) is 5.69 Å². The zero-order chi connectivity index (χ0) is 20.4. The fourth-order valence-electron chi connectivity index (χ4n) is 3.05. The van der Waals surface area contributed by atoms with E-state index in [1.807, 2.05) is 5.38 Å². The van der Waals surface area contributed by atoms with Gasteiger partial charge >= 0.3 is 5.76 Å². The van der Waals surface area contributed by atoms with Gasteiger partial charge in [-0.15, -0.1) is 16.4 Å². The average Bonchev–Trinajstić information content (AvgIpc) is 3.45. The summed E-state index contributed by atoms with van der Waals surface area (Å²) in [5.41, 5.74) is 0.324. The minimum atomic E-state index is -3.58. The van der Waals surface area contributed by atoms with Crippen LogP contribution in [0.25, 0.3) is 10.8 Å². The minimum Gasteiger partial charge on any atom is -0.387 e. The van der Waals surface area contributed by atoms with Gasteiger partial charge in [-0.3, -0.25) is 4.79 Å². The molecule has 0 aliphatic carbocycles. The largest absolute Gasteiger partial charge is 0.437 e. The summed E-state index contributed by atoms with van der Waals surface area (Å²) < 4.78 is 32.8. The van der Waals surface area contributed by atoms with Crippen molar-refractivity contribution in [3.63, 3.8) is 0 Å². The third-order valence-corrected chi connectivity index (χ3v) is 7.20. The number of benzene rings is 1. The molecule has 11 heteroatoms. The third kappa shape index (κ3) is 4.16. The summed E-state index contributed by atoms with van der Waals surface area (Å²) in [6.07, 6.45) is 1.69. The zero-order valence-corrected chi connectivity index (χ0v) is 16.9. The van der Waals surface area contributed by atoms with Crippen LogP contribution >= 0.6 is 11.3 Å². The van der Waals surface area contributed by atoms with E-state index >= 15 is 0 Å². The maximum Gasteiger partial charge on any atom is 0.437 e. The molecule has 1 aromatic carbocycles. The van der Waals surface area contributed by atoms with Crippen molar-refractivity contribution < 1.29 is 17.6 Å². The van der Waals surface area contributed by atoms with Crippen molar-refractivity contribution in [2.24, 2.45) is 0 Å². The molecule has 4 rings (SSSR count). The number of carbonyl (C=O) groups is 1. The van der Waals surface area contributed by atoms with Gasteiger partial charge in [-0.1, -0.05) is 12.1 Å². The molecule has 29 heavy (non-hydrogen) atoms. The number of anilines is 1. The number of hydrogen-bond acceptors (Lipinski definition) is 7. The first-order valence-electron chi connectivity index (χ1n) is 8.95. The van der Waals surface area contributed by atoms with Gasteiger partial charge in [0.1, 0.15) is 6.54 Å². The normalized spacial score (nSPS) is 14.9. The van der Waals surface area contributed by atoms with Crippen molar-refractivity contribution in [1.29, 1.82) is 0 Å². The van der Waals surface area contributed by atoms with Crippen molar-refractivity contribution in [1.82, 2.24) is 14.1 Å². The molecule has 1 aliphatic rings. The molecule has 2 aromatic heterocycles. The van der Waals surface area contributed by atoms with Gasteiger partial charge in [0.15, 0.2) is 0 Å². The van der Waals surface area contributed by atoms with Crippen LogP contribution in [0.15, 0.2) is 55.9 Å². The highest BCUT2D eigenvalue weighted by Gasteiger charge is 2.27. The first kappa shape index (κ1) is 19.6. The molecule has 152 valence electrons. The Hall–Kier alpha value is -2.76. The fraction of sp³-hybridized carbons (Fsp3) is 0.278. The van der Waals surface area contributed by atoms with E-state index in [0.29, 0.717) is 23.7 Å². The van der Waals surface area contributed by atoms with Crippen LogP contribution in [0, 0.1) is 0 Å². The van der Waals surface area contributed by atoms with E-state index in [9.17, 15) is 18.0 Å². The smallest absolute Gasteiger partial charge is 0.387 e. The van der Waals surface area contributed by atoms with Crippen molar-refractivity contribution in [2.45, 2.75) is 24.3 Å². The summed E-state index contributed by atoms with van der Waals surface area (Å²) >= 11 is 1.36. The molecular formula is C18H18N4O5S2. The van der Waals surface area contributed by atoms with E-state index in [0.717, 1.165) is 17.5 Å². The van der Waals surface area contributed by atoms with Crippen LogP contribution in [-0.4, -0.2) is 41.5 Å². The molecule has 1 N–H and O–H groups in total. The van der Waals surface area contributed by atoms with Gasteiger partial charge in [0.2, 0.25) is 15.9 Å². The van der Waals surface area contributed by atoms with Gasteiger partial charge in [-0.25, -0.2) is 13.2 Å². The Bertz CT molecular complexity index is 1180. The number of hydrogen-bond donors (Lipinski definition) is 1. The highest BCUT2D eigenvalue weighted by atomic mass is 32.2. The number of aromatic nitrogens is 2. The zero-order valence-electron chi connectivity index (χ0n) is 15.3. The van der Waals surface area contributed by atoms with Gasteiger partial charge in [-0.2, -0.15) is 8.99 Å². The molecule has 1 saturated heterocycles. The monoisotopic (exact) mass is 434 g/mol. The SMILES string of the molecule is O=C(Cn1nc(-c2cccs2)oc1=O)Nc1cccc(S(=O)(=O)N2CCCC2)c1. The molecule has 0 unspecified atom stereocenters. The number of amides is 1. The minimum absolute atomic E-state index is 0.121. The molecule has 1 aliphatic heterocycles. The van der Waals surface area contributed by atoms with Crippen molar-refractivity contribution in [2.75, 3.05) is 18.4 Å². The van der Waals surface area contributed by atoms with Crippen LogP contribution in [0.1, 0.15) is 12.8 Å². The van der Waals surface area contributed by atoms with Gasteiger partial charge in [0.05, 0.1) is 9.77 Å². The van der Waals surface area contributed by atoms with Crippen molar-refractivity contribution >= 4 is 33.0 Å². The van der Waals surface area contributed by atoms with E-state index in [1.54, 1.807) is 24.3 Å². The topological polar surface area (TPSA) is 115 Å². The molecule has 0 bridgehead atoms. The first-order chi connectivity index (χ1) is 13.9. The van der Waals surface area contributed by atoms with Gasteiger partial charge in [-0.05, 0) is 42.5 Å². The van der Waals surface area contributed by atoms with E-state index in [-0.39, 0.29) is 17.3 Å². The second kappa shape index (κ2) is 7.93. The molecule has 1 fully saturated rings. The predicted octanol–water partition coefficient (Wildman–Crippen LogP) is 1.99. The quantitative estimate of drug-likeness (QED) is 0.635. The molecule has 1 amide bonds. The van der Waals surface area contributed by atoms with Crippen LogP contribution < -0.4 is 11.1 Å². The van der Waals surface area contributed by atoms with Crippen LogP contribution in [-0.2, 0) is 21.4 Å². The molecule has 3 heterocycles. The highest BCUT2D eigenvalue weighted by Crippen LogP contribution is 2.23. The Labute approximate surface area is 170 Å². The van der Waals surface area contributed by atoms with Crippen molar-refractivity contribution in [3.8, 4) is 10.8 Å². The van der Waals surface area contributed by atoms with Crippen molar-refractivity contribution in [3.05, 3.63) is 52.3 Å². The number of rotatable bonds is 6. The number of nitrogens with one attached hydrogen (secondary N) is 1. The lowest BCUT2D eigenvalue weighted by molar-refractivity contribution is -0.117. The summed E-state index contributed by atoms with van der Waals surface area (Å²) in [6.45, 7) is 0.651. The lowest BCUT2D eigenvalue weighted by Crippen LogP contribution is -2.28. The van der Waals surface area contributed by atoms with E-state index in [2.05, 4.69) is 10.4 Å². The molecular weight excluding hydrogens is 416 g/mol. The lowest BCUT2D eigenvalue weighted by atomic mass is 10.3. The number of carbonyl (C=O) groups excluding carboxylic acids is 1. The maximum absolute atomic E-state index is 12.7. The standard InChI is InChI=1S/C18H18N4O5S2/c23-16(12-22-18(24)27-17(20-22)15-7-4-10-28-15)19-13-5-3-6-14(11-13)29(25,26)21-8-1-2-9-21/h3-7,10-11H,1-2,8-9,12H2,(H,19,23). The predicted molar refractivity (Wildman–Crippen MR) is 107 cm³/mol. The summed E-state index contributed by atoms with van der Waals surface area (Å²) in [4.78, 5) is 25.1.